The zero-order valence-electron chi connectivity index (χ0n) is 11.6. The first-order valence-corrected chi connectivity index (χ1v) is 6.61. The van der Waals surface area contributed by atoms with E-state index in [0.29, 0.717) is 12.6 Å². The Morgan fingerprint density at radius 1 is 1.55 bits per heavy atom. The van der Waals surface area contributed by atoms with Gasteiger partial charge in [0.1, 0.15) is 6.26 Å². The van der Waals surface area contributed by atoms with E-state index >= 15 is 0 Å². The van der Waals surface area contributed by atoms with Gasteiger partial charge in [0.15, 0.2) is 5.69 Å². The molecule has 0 aromatic carbocycles. The zero-order chi connectivity index (χ0) is 14.5. The van der Waals surface area contributed by atoms with Crippen molar-refractivity contribution >= 4 is 18.0 Å². The van der Waals surface area contributed by atoms with Crippen molar-refractivity contribution in [1.82, 2.24) is 4.98 Å². The summed E-state index contributed by atoms with van der Waals surface area (Å²) in [5.74, 6) is -0.928. The lowest BCUT2D eigenvalue weighted by Gasteiger charge is -2.29. The maximum absolute atomic E-state index is 11.6. The van der Waals surface area contributed by atoms with Gasteiger partial charge in [-0.2, -0.15) is 4.98 Å². The number of nitrogens with zero attached hydrogens (tertiary/aromatic N) is 2. The first-order valence-electron chi connectivity index (χ1n) is 6.61. The highest BCUT2D eigenvalue weighted by molar-refractivity contribution is 5.87. The van der Waals surface area contributed by atoms with Crippen molar-refractivity contribution in [3.8, 4) is 0 Å². The van der Waals surface area contributed by atoms with Crippen LogP contribution in [0.4, 0.5) is 6.01 Å². The highest BCUT2D eigenvalue weighted by atomic mass is 16.5. The fourth-order valence-corrected chi connectivity index (χ4v) is 2.22. The highest BCUT2D eigenvalue weighted by Crippen LogP contribution is 2.23. The second kappa shape index (κ2) is 6.40. The number of aromatic nitrogens is 1. The van der Waals surface area contributed by atoms with Crippen LogP contribution in [-0.2, 0) is 14.3 Å². The number of ether oxygens (including phenoxy) is 2. The maximum Gasteiger partial charge on any atom is 0.360 e. The van der Waals surface area contributed by atoms with Crippen molar-refractivity contribution in [3.63, 3.8) is 0 Å². The Balaban J connectivity index is 2.04. The topological polar surface area (TPSA) is 81.9 Å². The van der Waals surface area contributed by atoms with E-state index in [1.165, 1.54) is 13.4 Å². The summed E-state index contributed by atoms with van der Waals surface area (Å²) in [6.45, 7) is 3.23. The number of piperidine rings is 1. The van der Waals surface area contributed by atoms with E-state index in [2.05, 4.69) is 4.98 Å². The smallest absolute Gasteiger partial charge is 0.360 e. The second-order valence-electron chi connectivity index (χ2n) is 4.54. The summed E-state index contributed by atoms with van der Waals surface area (Å²) < 4.78 is 14.9. The molecule has 20 heavy (non-hydrogen) atoms. The fourth-order valence-electron chi connectivity index (χ4n) is 2.22. The fraction of sp³-hybridized carbons (Fsp3) is 0.615. The van der Waals surface area contributed by atoms with Crippen molar-refractivity contribution in [1.29, 1.82) is 0 Å². The maximum atomic E-state index is 11.6. The van der Waals surface area contributed by atoms with Crippen molar-refractivity contribution in [2.75, 3.05) is 31.7 Å². The minimum absolute atomic E-state index is 0.141. The summed E-state index contributed by atoms with van der Waals surface area (Å²) in [6.07, 6.45) is 2.90. The van der Waals surface area contributed by atoms with Gasteiger partial charge in [-0.15, -0.1) is 0 Å². The molecule has 1 aliphatic heterocycles. The molecule has 2 rings (SSSR count). The predicted octanol–water partition coefficient (Wildman–Crippen LogP) is 1.24. The van der Waals surface area contributed by atoms with Crippen LogP contribution in [0.5, 0.6) is 0 Å². The van der Waals surface area contributed by atoms with Crippen molar-refractivity contribution in [2.24, 2.45) is 5.92 Å². The molecule has 0 aliphatic carbocycles. The molecule has 7 heteroatoms. The Labute approximate surface area is 116 Å². The number of hydrogen-bond donors (Lipinski definition) is 0. The van der Waals surface area contributed by atoms with Crippen LogP contribution in [0.1, 0.15) is 30.3 Å². The van der Waals surface area contributed by atoms with Crippen LogP contribution < -0.4 is 4.90 Å². The van der Waals surface area contributed by atoms with Gasteiger partial charge in [0.25, 0.3) is 6.01 Å². The van der Waals surface area contributed by atoms with Gasteiger partial charge in [-0.05, 0) is 19.8 Å². The molecule has 7 nitrogen and oxygen atoms in total. The summed E-state index contributed by atoms with van der Waals surface area (Å²) in [7, 11) is 1.38. The molecular weight excluding hydrogens is 264 g/mol. The lowest BCUT2D eigenvalue weighted by atomic mass is 9.99. The summed E-state index contributed by atoms with van der Waals surface area (Å²) in [5, 5.41) is 0. The normalized spacial score (nSPS) is 18.7. The summed E-state index contributed by atoms with van der Waals surface area (Å²) in [6, 6.07) is 0.335. The summed E-state index contributed by atoms with van der Waals surface area (Å²) in [5.41, 5.74) is 0.141. The zero-order valence-corrected chi connectivity index (χ0v) is 11.6. The number of oxazole rings is 1. The van der Waals surface area contributed by atoms with Gasteiger partial charge in [-0.1, -0.05) is 0 Å². The lowest BCUT2D eigenvalue weighted by Crippen LogP contribution is -2.39. The van der Waals surface area contributed by atoms with Crippen LogP contribution in [-0.4, -0.2) is 43.7 Å². The molecule has 0 bridgehead atoms. The van der Waals surface area contributed by atoms with Crippen LogP contribution in [0.15, 0.2) is 10.7 Å². The molecule has 1 aliphatic rings. The number of methoxy groups -OCH3 is 1. The Kier molecular flexibility index (Phi) is 4.60. The van der Waals surface area contributed by atoms with Gasteiger partial charge < -0.3 is 18.8 Å². The average molecular weight is 282 g/mol. The number of anilines is 1. The summed E-state index contributed by atoms with van der Waals surface area (Å²) in [4.78, 5) is 29.0. The molecule has 0 spiro atoms. The number of rotatable bonds is 4. The standard InChI is InChI=1S/C13H18N2O5/c1-3-19-12(17)10-8-20-13(14-10)15-6-4-5-9(7-15)11(16)18-2/h8-9H,3-7H2,1-2H3. The molecule has 1 aromatic heterocycles. The molecule has 2 heterocycles. The minimum Gasteiger partial charge on any atom is -0.469 e. The van der Waals surface area contributed by atoms with Gasteiger partial charge in [-0.25, -0.2) is 4.79 Å². The molecule has 1 fully saturated rings. The van der Waals surface area contributed by atoms with E-state index < -0.39 is 5.97 Å². The Bertz CT molecular complexity index is 485. The number of carbonyl (C=O) groups is 2. The molecule has 1 saturated heterocycles. The van der Waals surface area contributed by atoms with Crippen LogP contribution in [0.25, 0.3) is 0 Å². The van der Waals surface area contributed by atoms with E-state index in [1.807, 2.05) is 4.90 Å². The van der Waals surface area contributed by atoms with Gasteiger partial charge in [-0.3, -0.25) is 4.79 Å². The Morgan fingerprint density at radius 2 is 2.35 bits per heavy atom. The summed E-state index contributed by atoms with van der Waals surface area (Å²) >= 11 is 0. The molecule has 1 aromatic rings. The van der Waals surface area contributed by atoms with Gasteiger partial charge >= 0.3 is 11.9 Å². The first kappa shape index (κ1) is 14.4. The minimum atomic E-state index is -0.510. The van der Waals surface area contributed by atoms with Crippen molar-refractivity contribution in [2.45, 2.75) is 19.8 Å². The van der Waals surface area contributed by atoms with Gasteiger partial charge in [0.05, 0.1) is 19.6 Å². The lowest BCUT2D eigenvalue weighted by molar-refractivity contribution is -0.145. The van der Waals surface area contributed by atoms with E-state index in [0.717, 1.165) is 19.4 Å². The molecular formula is C13H18N2O5. The predicted molar refractivity (Wildman–Crippen MR) is 69.4 cm³/mol. The highest BCUT2D eigenvalue weighted by Gasteiger charge is 2.29. The second-order valence-corrected chi connectivity index (χ2v) is 4.54. The monoisotopic (exact) mass is 282 g/mol. The van der Waals surface area contributed by atoms with E-state index in [-0.39, 0.29) is 24.2 Å². The molecule has 0 N–H and O–H groups in total. The first-order chi connectivity index (χ1) is 9.65. The molecule has 1 unspecified atom stereocenters. The van der Waals surface area contributed by atoms with Gasteiger partial charge in [0.2, 0.25) is 0 Å². The van der Waals surface area contributed by atoms with E-state index in [1.54, 1.807) is 6.92 Å². The quantitative estimate of drug-likeness (QED) is 0.768. The number of hydrogen-bond acceptors (Lipinski definition) is 7. The van der Waals surface area contributed by atoms with Crippen LogP contribution in [0.2, 0.25) is 0 Å². The Hall–Kier alpha value is -2.05. The van der Waals surface area contributed by atoms with Gasteiger partial charge in [0, 0.05) is 13.1 Å². The molecule has 0 saturated carbocycles. The van der Waals surface area contributed by atoms with E-state index in [4.69, 9.17) is 13.9 Å². The number of carbonyl (C=O) groups excluding carboxylic acids is 2. The number of esters is 2. The third-order valence-electron chi connectivity index (χ3n) is 3.20. The van der Waals surface area contributed by atoms with Crippen LogP contribution in [0.3, 0.4) is 0 Å². The molecule has 0 amide bonds. The molecule has 0 radical (unpaired) electrons. The third kappa shape index (κ3) is 3.09. The van der Waals surface area contributed by atoms with Crippen molar-refractivity contribution in [3.05, 3.63) is 12.0 Å². The van der Waals surface area contributed by atoms with Crippen LogP contribution >= 0.6 is 0 Å². The molecule has 1 atom stereocenters. The SMILES string of the molecule is CCOC(=O)c1coc(N2CCCC(C(=O)OC)C2)n1. The third-order valence-corrected chi connectivity index (χ3v) is 3.20. The van der Waals surface area contributed by atoms with Crippen LogP contribution in [0, 0.1) is 5.92 Å². The molecule has 110 valence electrons. The largest absolute Gasteiger partial charge is 0.469 e. The average Bonchev–Trinajstić information content (AvgIpc) is 2.97. The Morgan fingerprint density at radius 3 is 3.05 bits per heavy atom. The van der Waals surface area contributed by atoms with E-state index in [9.17, 15) is 9.59 Å². The van der Waals surface area contributed by atoms with Crippen molar-refractivity contribution < 1.29 is 23.5 Å².